The van der Waals surface area contributed by atoms with Crippen molar-refractivity contribution in [2.75, 3.05) is 0 Å². The monoisotopic (exact) mass is 231 g/mol. The van der Waals surface area contributed by atoms with E-state index in [1.165, 1.54) is 6.07 Å². The smallest absolute Gasteiger partial charge is 0.145 e. The van der Waals surface area contributed by atoms with Gasteiger partial charge in [0.2, 0.25) is 0 Å². The highest BCUT2D eigenvalue weighted by molar-refractivity contribution is 9.10. The molecular weight excluding hydrogens is 221 g/mol. The molecule has 12 heavy (non-hydrogen) atoms. The summed E-state index contributed by atoms with van der Waals surface area (Å²) in [6.45, 7) is 5.67. The Kier molecular flexibility index (Phi) is 2.83. The zero-order valence-electron chi connectivity index (χ0n) is 7.36. The second-order valence-electron chi connectivity index (χ2n) is 3.12. The van der Waals surface area contributed by atoms with Crippen molar-refractivity contribution in [1.29, 1.82) is 0 Å². The van der Waals surface area contributed by atoms with Crippen molar-refractivity contribution in [2.45, 2.75) is 26.7 Å². The van der Waals surface area contributed by atoms with Crippen molar-refractivity contribution in [2.24, 2.45) is 0 Å². The fraction of sp³-hybridized carbons (Fsp3) is 0.444. The molecule has 0 fully saturated rings. The van der Waals surface area contributed by atoms with Gasteiger partial charge in [-0.05, 0) is 40.4 Å². The number of pyridine rings is 1. The van der Waals surface area contributed by atoms with Crippen LogP contribution in [0.15, 0.2) is 10.7 Å². The molecule has 66 valence electrons. The van der Waals surface area contributed by atoms with Crippen LogP contribution < -0.4 is 0 Å². The van der Waals surface area contributed by atoms with Crippen LogP contribution in [-0.2, 0) is 0 Å². The van der Waals surface area contributed by atoms with Gasteiger partial charge in [0, 0.05) is 0 Å². The maximum Gasteiger partial charge on any atom is 0.145 e. The molecule has 0 aliphatic heterocycles. The van der Waals surface area contributed by atoms with E-state index in [9.17, 15) is 4.39 Å². The van der Waals surface area contributed by atoms with Gasteiger partial charge in [-0.15, -0.1) is 0 Å². The van der Waals surface area contributed by atoms with Crippen LogP contribution in [0, 0.1) is 12.7 Å². The first-order chi connectivity index (χ1) is 5.52. The number of nitrogens with zero attached hydrogens (tertiary/aromatic N) is 1. The molecule has 0 N–H and O–H groups in total. The molecule has 0 bridgehead atoms. The summed E-state index contributed by atoms with van der Waals surface area (Å²) in [7, 11) is 0. The summed E-state index contributed by atoms with van der Waals surface area (Å²) in [5.41, 5.74) is 1.35. The fourth-order valence-electron chi connectivity index (χ4n) is 0.976. The molecule has 0 amide bonds. The lowest BCUT2D eigenvalue weighted by atomic mass is 10.1. The van der Waals surface area contributed by atoms with Gasteiger partial charge in [-0.3, -0.25) is 0 Å². The van der Waals surface area contributed by atoms with Crippen molar-refractivity contribution in [3.8, 4) is 0 Å². The highest BCUT2D eigenvalue weighted by atomic mass is 79.9. The number of halogens is 2. The predicted octanol–water partition coefficient (Wildman–Crippen LogP) is 3.42. The SMILES string of the molecule is Cc1cc(F)c(C(C)C)nc1Br. The second kappa shape index (κ2) is 3.52. The molecule has 1 aromatic rings. The summed E-state index contributed by atoms with van der Waals surface area (Å²) in [6, 6.07) is 1.51. The Hall–Kier alpha value is -0.440. The van der Waals surface area contributed by atoms with E-state index >= 15 is 0 Å². The van der Waals surface area contributed by atoms with Crippen LogP contribution >= 0.6 is 15.9 Å². The van der Waals surface area contributed by atoms with Gasteiger partial charge < -0.3 is 0 Å². The standard InChI is InChI=1S/C9H11BrFN/c1-5(2)8-7(11)4-6(3)9(10)12-8/h4-5H,1-3H3. The number of aryl methyl sites for hydroxylation is 1. The Morgan fingerprint density at radius 2 is 2.08 bits per heavy atom. The minimum atomic E-state index is -0.217. The molecule has 0 radical (unpaired) electrons. The van der Waals surface area contributed by atoms with Crippen molar-refractivity contribution in [3.63, 3.8) is 0 Å². The molecule has 0 aliphatic rings. The third-order valence-electron chi connectivity index (χ3n) is 1.68. The first-order valence-electron chi connectivity index (χ1n) is 3.85. The number of rotatable bonds is 1. The molecule has 0 saturated heterocycles. The summed E-state index contributed by atoms with van der Waals surface area (Å²) in [5, 5.41) is 0. The lowest BCUT2D eigenvalue weighted by Gasteiger charge is -2.07. The molecule has 1 rings (SSSR count). The Labute approximate surface area is 80.1 Å². The number of hydrogen-bond acceptors (Lipinski definition) is 1. The number of aromatic nitrogens is 1. The van der Waals surface area contributed by atoms with E-state index in [1.54, 1.807) is 0 Å². The molecule has 3 heteroatoms. The number of hydrogen-bond donors (Lipinski definition) is 0. The van der Waals surface area contributed by atoms with Gasteiger partial charge in [0.15, 0.2) is 0 Å². The van der Waals surface area contributed by atoms with Gasteiger partial charge in [-0.1, -0.05) is 13.8 Å². The van der Waals surface area contributed by atoms with Gasteiger partial charge in [0.1, 0.15) is 10.4 Å². The molecule has 0 aromatic carbocycles. The van der Waals surface area contributed by atoms with E-state index in [0.717, 1.165) is 10.2 Å². The van der Waals surface area contributed by atoms with Crippen molar-refractivity contribution < 1.29 is 4.39 Å². The summed E-state index contributed by atoms with van der Waals surface area (Å²) in [4.78, 5) is 4.11. The van der Waals surface area contributed by atoms with E-state index in [4.69, 9.17) is 0 Å². The normalized spacial score (nSPS) is 10.8. The van der Waals surface area contributed by atoms with Gasteiger partial charge in [0.05, 0.1) is 5.69 Å². The van der Waals surface area contributed by atoms with Crippen LogP contribution in [0.3, 0.4) is 0 Å². The third-order valence-corrected chi connectivity index (χ3v) is 2.48. The van der Waals surface area contributed by atoms with Crippen LogP contribution in [0.1, 0.15) is 31.0 Å². The minimum absolute atomic E-state index is 0.127. The molecule has 0 saturated carbocycles. The molecule has 1 aromatic heterocycles. The molecule has 1 nitrogen and oxygen atoms in total. The van der Waals surface area contributed by atoms with Crippen LogP contribution in [-0.4, -0.2) is 4.98 Å². The van der Waals surface area contributed by atoms with Crippen LogP contribution in [0.4, 0.5) is 4.39 Å². The Balaban J connectivity index is 3.23. The van der Waals surface area contributed by atoms with Gasteiger partial charge in [-0.2, -0.15) is 0 Å². The molecular formula is C9H11BrFN. The maximum absolute atomic E-state index is 13.2. The highest BCUT2D eigenvalue weighted by Crippen LogP contribution is 2.21. The largest absolute Gasteiger partial charge is 0.242 e. The molecule has 0 aliphatic carbocycles. The Morgan fingerprint density at radius 3 is 2.58 bits per heavy atom. The van der Waals surface area contributed by atoms with Crippen molar-refractivity contribution in [1.82, 2.24) is 4.98 Å². The van der Waals surface area contributed by atoms with Crippen LogP contribution in [0.25, 0.3) is 0 Å². The highest BCUT2D eigenvalue weighted by Gasteiger charge is 2.10. The third kappa shape index (κ3) is 1.83. The van der Waals surface area contributed by atoms with E-state index in [0.29, 0.717) is 5.69 Å². The average Bonchev–Trinajstić information content (AvgIpc) is 1.96. The predicted molar refractivity (Wildman–Crippen MR) is 50.7 cm³/mol. The lowest BCUT2D eigenvalue weighted by molar-refractivity contribution is 0.581. The van der Waals surface area contributed by atoms with Crippen molar-refractivity contribution >= 4 is 15.9 Å². The van der Waals surface area contributed by atoms with E-state index in [1.807, 2.05) is 20.8 Å². The first-order valence-corrected chi connectivity index (χ1v) is 4.64. The van der Waals surface area contributed by atoms with Crippen LogP contribution in [0.5, 0.6) is 0 Å². The van der Waals surface area contributed by atoms with E-state index in [-0.39, 0.29) is 11.7 Å². The Bertz CT molecular complexity index is 297. The molecule has 0 atom stereocenters. The topological polar surface area (TPSA) is 12.9 Å². The van der Waals surface area contributed by atoms with Crippen molar-refractivity contribution in [3.05, 3.63) is 27.7 Å². The van der Waals surface area contributed by atoms with E-state index in [2.05, 4.69) is 20.9 Å². The summed E-state index contributed by atoms with van der Waals surface area (Å²) >= 11 is 3.27. The average molecular weight is 232 g/mol. The fourth-order valence-corrected chi connectivity index (χ4v) is 1.28. The summed E-state index contributed by atoms with van der Waals surface area (Å²) < 4.78 is 13.9. The van der Waals surface area contributed by atoms with Gasteiger partial charge >= 0.3 is 0 Å². The Morgan fingerprint density at radius 1 is 1.50 bits per heavy atom. The summed E-state index contributed by atoms with van der Waals surface area (Å²) in [6.07, 6.45) is 0. The minimum Gasteiger partial charge on any atom is -0.242 e. The zero-order valence-corrected chi connectivity index (χ0v) is 8.94. The lowest BCUT2D eigenvalue weighted by Crippen LogP contribution is -1.99. The van der Waals surface area contributed by atoms with Gasteiger partial charge in [-0.25, -0.2) is 9.37 Å². The molecule has 0 unspecified atom stereocenters. The first kappa shape index (κ1) is 9.65. The molecule has 0 spiro atoms. The summed E-state index contributed by atoms with van der Waals surface area (Å²) in [5.74, 6) is -0.0902. The van der Waals surface area contributed by atoms with Crippen LogP contribution in [0.2, 0.25) is 0 Å². The van der Waals surface area contributed by atoms with E-state index < -0.39 is 0 Å². The maximum atomic E-state index is 13.2. The quantitative estimate of drug-likeness (QED) is 0.676. The molecule has 1 heterocycles. The second-order valence-corrected chi connectivity index (χ2v) is 3.87. The van der Waals surface area contributed by atoms with Gasteiger partial charge in [0.25, 0.3) is 0 Å². The zero-order chi connectivity index (χ0) is 9.30.